The standard InChI is InChI=1S/C24H28F4N4O3S/c1-3-21-31-22(23(33)30-14-16-4-7-17(8-5-16)36(2,34)35)20(13-29)32(21)19-9-6-15(12-18(19)25)10-11-24(26,27)28/h6,9,12,16-17H,3-5,7-8,10-11,14H2,1-2H3,(H,30,33). The Morgan fingerprint density at radius 2 is 1.92 bits per heavy atom. The van der Waals surface area contributed by atoms with Gasteiger partial charge in [0.05, 0.1) is 10.9 Å². The van der Waals surface area contributed by atoms with Crippen LogP contribution in [0.1, 0.15) is 66.6 Å². The molecule has 0 bridgehead atoms. The SMILES string of the molecule is CCc1nc(C(=O)NCC2CCC(S(C)(=O)=O)CC2)c(C#N)n1-c1ccc(CCC(F)(F)F)cc1F. The van der Waals surface area contributed by atoms with Crippen LogP contribution in [0.4, 0.5) is 17.6 Å². The number of rotatable bonds is 8. The van der Waals surface area contributed by atoms with E-state index in [0.717, 1.165) is 6.07 Å². The minimum Gasteiger partial charge on any atom is -0.350 e. The molecule has 0 radical (unpaired) electrons. The molecule has 12 heteroatoms. The van der Waals surface area contributed by atoms with Gasteiger partial charge in [0.25, 0.3) is 5.91 Å². The van der Waals surface area contributed by atoms with Crippen LogP contribution in [0.15, 0.2) is 18.2 Å². The number of imidazole rings is 1. The molecule has 1 N–H and O–H groups in total. The molecule has 1 aliphatic rings. The lowest BCUT2D eigenvalue weighted by Gasteiger charge is -2.27. The molecule has 1 aromatic carbocycles. The summed E-state index contributed by atoms with van der Waals surface area (Å²) < 4.78 is 77.1. The van der Waals surface area contributed by atoms with E-state index in [9.17, 15) is 36.0 Å². The molecule has 0 atom stereocenters. The average Bonchev–Trinajstić information content (AvgIpc) is 3.19. The fourth-order valence-corrected chi connectivity index (χ4v) is 5.61. The van der Waals surface area contributed by atoms with E-state index in [1.807, 2.05) is 6.07 Å². The molecule has 1 aliphatic carbocycles. The summed E-state index contributed by atoms with van der Waals surface area (Å²) in [7, 11) is -3.10. The second-order valence-corrected chi connectivity index (χ2v) is 11.4. The van der Waals surface area contributed by atoms with Gasteiger partial charge in [0.2, 0.25) is 0 Å². The number of alkyl halides is 3. The number of sulfone groups is 1. The van der Waals surface area contributed by atoms with Crippen LogP contribution < -0.4 is 5.32 Å². The lowest BCUT2D eigenvalue weighted by Crippen LogP contribution is -2.34. The van der Waals surface area contributed by atoms with Gasteiger partial charge < -0.3 is 5.32 Å². The fraction of sp³-hybridized carbons (Fsp3) is 0.542. The topological polar surface area (TPSA) is 105 Å². The number of amides is 1. The summed E-state index contributed by atoms with van der Waals surface area (Å²) in [6, 6.07) is 5.54. The molecule has 0 saturated heterocycles. The van der Waals surface area contributed by atoms with E-state index in [1.54, 1.807) is 6.92 Å². The fourth-order valence-electron chi connectivity index (χ4n) is 4.48. The largest absolute Gasteiger partial charge is 0.389 e. The number of nitriles is 1. The monoisotopic (exact) mass is 528 g/mol. The van der Waals surface area contributed by atoms with Gasteiger partial charge in [0, 0.05) is 25.6 Å². The first-order valence-corrected chi connectivity index (χ1v) is 13.6. The van der Waals surface area contributed by atoms with Crippen LogP contribution in [0.5, 0.6) is 0 Å². The van der Waals surface area contributed by atoms with Crippen molar-refractivity contribution in [2.75, 3.05) is 12.8 Å². The summed E-state index contributed by atoms with van der Waals surface area (Å²) >= 11 is 0. The Morgan fingerprint density at radius 1 is 1.25 bits per heavy atom. The molecule has 196 valence electrons. The third-order valence-electron chi connectivity index (χ3n) is 6.48. The van der Waals surface area contributed by atoms with Crippen molar-refractivity contribution in [1.82, 2.24) is 14.9 Å². The molecule has 0 unspecified atom stereocenters. The molecule has 1 aromatic heterocycles. The zero-order valence-electron chi connectivity index (χ0n) is 20.0. The first kappa shape index (κ1) is 27.6. The third-order valence-corrected chi connectivity index (χ3v) is 8.17. The number of carbonyl (C=O) groups is 1. The number of carbonyl (C=O) groups excluding carboxylic acids is 1. The molecule has 3 rings (SSSR count). The summed E-state index contributed by atoms with van der Waals surface area (Å²) in [5, 5.41) is 12.1. The Kier molecular flexibility index (Phi) is 8.44. The zero-order chi connectivity index (χ0) is 26.7. The number of nitrogens with zero attached hydrogens (tertiary/aromatic N) is 3. The highest BCUT2D eigenvalue weighted by Crippen LogP contribution is 2.28. The van der Waals surface area contributed by atoms with Gasteiger partial charge in [-0.15, -0.1) is 0 Å². The average molecular weight is 529 g/mol. The van der Waals surface area contributed by atoms with Gasteiger partial charge in [-0.3, -0.25) is 9.36 Å². The number of hydrogen-bond acceptors (Lipinski definition) is 5. The number of aromatic nitrogens is 2. The predicted molar refractivity (Wildman–Crippen MR) is 125 cm³/mol. The zero-order valence-corrected chi connectivity index (χ0v) is 20.8. The summed E-state index contributed by atoms with van der Waals surface area (Å²) in [5.74, 6) is -1.08. The quantitative estimate of drug-likeness (QED) is 0.515. The number of halogens is 4. The van der Waals surface area contributed by atoms with Crippen molar-refractivity contribution in [3.8, 4) is 11.8 Å². The Morgan fingerprint density at radius 3 is 2.44 bits per heavy atom. The number of hydrogen-bond donors (Lipinski definition) is 1. The van der Waals surface area contributed by atoms with Crippen LogP contribution in [0, 0.1) is 23.1 Å². The summed E-state index contributed by atoms with van der Waals surface area (Å²) in [4.78, 5) is 17.1. The van der Waals surface area contributed by atoms with Crippen LogP contribution in [0.25, 0.3) is 5.69 Å². The van der Waals surface area contributed by atoms with E-state index in [1.165, 1.54) is 23.0 Å². The van der Waals surface area contributed by atoms with Crippen molar-refractivity contribution in [1.29, 1.82) is 5.26 Å². The van der Waals surface area contributed by atoms with E-state index in [0.29, 0.717) is 25.7 Å². The first-order valence-electron chi connectivity index (χ1n) is 11.7. The molecule has 0 spiro atoms. The Hall–Kier alpha value is -2.94. The van der Waals surface area contributed by atoms with Gasteiger partial charge in [-0.25, -0.2) is 17.8 Å². The minimum atomic E-state index is -4.36. The third kappa shape index (κ3) is 6.63. The second kappa shape index (κ2) is 11.0. The molecule has 2 aromatic rings. The van der Waals surface area contributed by atoms with Gasteiger partial charge in [-0.1, -0.05) is 13.0 Å². The summed E-state index contributed by atoms with van der Waals surface area (Å²) in [6.07, 6.45) is -2.00. The highest BCUT2D eigenvalue weighted by molar-refractivity contribution is 7.91. The summed E-state index contributed by atoms with van der Waals surface area (Å²) in [6.45, 7) is 2.01. The minimum absolute atomic E-state index is 0.0789. The van der Waals surface area contributed by atoms with E-state index >= 15 is 0 Å². The Balaban J connectivity index is 1.77. The van der Waals surface area contributed by atoms with Crippen molar-refractivity contribution >= 4 is 15.7 Å². The van der Waals surface area contributed by atoms with Crippen molar-refractivity contribution in [2.45, 2.75) is 63.3 Å². The van der Waals surface area contributed by atoms with Crippen LogP contribution in [-0.2, 0) is 22.7 Å². The van der Waals surface area contributed by atoms with E-state index in [4.69, 9.17) is 0 Å². The van der Waals surface area contributed by atoms with E-state index < -0.39 is 34.2 Å². The smallest absolute Gasteiger partial charge is 0.350 e. The van der Waals surface area contributed by atoms with Gasteiger partial charge in [0.15, 0.2) is 11.4 Å². The first-order chi connectivity index (χ1) is 16.8. The van der Waals surface area contributed by atoms with Gasteiger partial charge >= 0.3 is 6.18 Å². The lowest BCUT2D eigenvalue weighted by atomic mass is 9.89. The molecule has 1 fully saturated rings. The van der Waals surface area contributed by atoms with Gasteiger partial charge in [0.1, 0.15) is 27.5 Å². The van der Waals surface area contributed by atoms with Gasteiger partial charge in [-0.05, 0) is 55.7 Å². The number of nitrogens with one attached hydrogen (secondary N) is 1. The van der Waals surface area contributed by atoms with Crippen LogP contribution in [0.3, 0.4) is 0 Å². The number of aryl methyl sites for hydroxylation is 2. The molecule has 7 nitrogen and oxygen atoms in total. The van der Waals surface area contributed by atoms with Crippen molar-refractivity contribution in [3.05, 3.63) is 46.8 Å². The summed E-state index contributed by atoms with van der Waals surface area (Å²) in [5.41, 5.74) is -0.259. The molecular formula is C24H28F4N4O3S. The molecule has 36 heavy (non-hydrogen) atoms. The van der Waals surface area contributed by atoms with Crippen LogP contribution >= 0.6 is 0 Å². The highest BCUT2D eigenvalue weighted by Gasteiger charge is 2.30. The predicted octanol–water partition coefficient (Wildman–Crippen LogP) is 4.27. The maximum atomic E-state index is 14.9. The van der Waals surface area contributed by atoms with Crippen LogP contribution in [-0.4, -0.2) is 48.1 Å². The second-order valence-electron chi connectivity index (χ2n) is 9.11. The van der Waals surface area contributed by atoms with Crippen molar-refractivity contribution in [3.63, 3.8) is 0 Å². The highest BCUT2D eigenvalue weighted by atomic mass is 32.2. The lowest BCUT2D eigenvalue weighted by molar-refractivity contribution is -0.134. The van der Waals surface area contributed by atoms with Crippen molar-refractivity contribution in [2.24, 2.45) is 5.92 Å². The molecule has 1 saturated carbocycles. The number of benzene rings is 1. The molecule has 1 amide bonds. The van der Waals surface area contributed by atoms with Crippen molar-refractivity contribution < 1.29 is 30.8 Å². The maximum absolute atomic E-state index is 14.9. The van der Waals surface area contributed by atoms with Gasteiger partial charge in [-0.2, -0.15) is 18.4 Å². The maximum Gasteiger partial charge on any atom is 0.389 e. The Bertz CT molecular complexity index is 1260. The van der Waals surface area contributed by atoms with E-state index in [2.05, 4.69) is 10.3 Å². The Labute approximate surface area is 207 Å². The van der Waals surface area contributed by atoms with E-state index in [-0.39, 0.29) is 59.0 Å². The normalized spacial score (nSPS) is 18.6. The molecular weight excluding hydrogens is 500 g/mol. The van der Waals surface area contributed by atoms with Crippen LogP contribution in [0.2, 0.25) is 0 Å². The molecule has 0 aliphatic heterocycles. The molecule has 1 heterocycles.